The van der Waals surface area contributed by atoms with Gasteiger partial charge in [-0.1, -0.05) is 15.9 Å². The predicted octanol–water partition coefficient (Wildman–Crippen LogP) is 1.88. The van der Waals surface area contributed by atoms with Gasteiger partial charge in [0.05, 0.1) is 12.2 Å². The molecule has 0 aliphatic carbocycles. The fourth-order valence-corrected chi connectivity index (χ4v) is 1.47. The van der Waals surface area contributed by atoms with E-state index in [0.717, 1.165) is 0 Å². The van der Waals surface area contributed by atoms with Gasteiger partial charge in [-0.15, -0.1) is 11.6 Å². The number of benzene rings is 1. The van der Waals surface area contributed by atoms with Crippen LogP contribution in [0.4, 0.5) is 10.1 Å². The van der Waals surface area contributed by atoms with E-state index in [1.165, 1.54) is 18.2 Å². The summed E-state index contributed by atoms with van der Waals surface area (Å²) in [5.41, 5.74) is 0.0458. The number of alkyl halides is 1. The van der Waals surface area contributed by atoms with Gasteiger partial charge in [-0.3, -0.25) is 9.59 Å². The van der Waals surface area contributed by atoms with Crippen LogP contribution in [0.25, 0.3) is 0 Å². The molecule has 1 rings (SSSR count). The zero-order valence-corrected chi connectivity index (χ0v) is 10.9. The van der Waals surface area contributed by atoms with Crippen molar-refractivity contribution in [2.24, 2.45) is 0 Å². The average molecular weight is 324 g/mol. The Morgan fingerprint density at radius 3 is 2.71 bits per heavy atom. The number of hydrogen-bond donors (Lipinski definition) is 2. The predicted molar refractivity (Wildman–Crippen MR) is 66.5 cm³/mol. The van der Waals surface area contributed by atoms with E-state index in [1.54, 1.807) is 0 Å². The normalized spacial score (nSPS) is 9.82. The molecule has 0 aromatic heterocycles. The average Bonchev–Trinajstić information content (AvgIpc) is 2.30. The molecule has 0 unspecified atom stereocenters. The molecule has 2 N–H and O–H groups in total. The second-order valence-corrected chi connectivity index (χ2v) is 4.27. The summed E-state index contributed by atoms with van der Waals surface area (Å²) in [5.74, 6) is -1.76. The Kier molecular flexibility index (Phi) is 5.37. The van der Waals surface area contributed by atoms with Crippen LogP contribution in [0, 0.1) is 5.82 Å². The fourth-order valence-electron chi connectivity index (χ4n) is 1.01. The lowest BCUT2D eigenvalue weighted by Crippen LogP contribution is -2.33. The van der Waals surface area contributed by atoms with Crippen molar-refractivity contribution in [3.05, 3.63) is 28.5 Å². The van der Waals surface area contributed by atoms with Gasteiger partial charge in [0.25, 0.3) is 0 Å². The standard InChI is InChI=1S/C10H9BrClFN2O2/c11-6-1-2-7(13)8(3-6)15-10(17)5-14-9(16)4-12/h1-3H,4-5H2,(H,14,16)(H,15,17). The van der Waals surface area contributed by atoms with Crippen LogP contribution in [0.15, 0.2) is 22.7 Å². The molecule has 2 amide bonds. The van der Waals surface area contributed by atoms with Crippen LogP contribution in [0.2, 0.25) is 0 Å². The third-order valence-electron chi connectivity index (χ3n) is 1.77. The van der Waals surface area contributed by atoms with Gasteiger partial charge in [0, 0.05) is 4.47 Å². The molecule has 1 aromatic carbocycles. The van der Waals surface area contributed by atoms with Gasteiger partial charge in [0.1, 0.15) is 11.7 Å². The molecule has 0 aliphatic rings. The molecule has 0 aliphatic heterocycles. The molecule has 0 spiro atoms. The van der Waals surface area contributed by atoms with Gasteiger partial charge in [-0.2, -0.15) is 0 Å². The van der Waals surface area contributed by atoms with Gasteiger partial charge in [-0.05, 0) is 18.2 Å². The summed E-state index contributed by atoms with van der Waals surface area (Å²) >= 11 is 8.39. The van der Waals surface area contributed by atoms with Crippen LogP contribution < -0.4 is 10.6 Å². The zero-order valence-electron chi connectivity index (χ0n) is 8.60. The lowest BCUT2D eigenvalue weighted by atomic mass is 10.3. The number of nitrogens with one attached hydrogen (secondary N) is 2. The van der Waals surface area contributed by atoms with E-state index in [4.69, 9.17) is 11.6 Å². The molecule has 92 valence electrons. The SMILES string of the molecule is O=C(CCl)NCC(=O)Nc1cc(Br)ccc1F. The molecule has 0 atom stereocenters. The van der Waals surface area contributed by atoms with E-state index < -0.39 is 17.6 Å². The van der Waals surface area contributed by atoms with E-state index in [-0.39, 0.29) is 18.1 Å². The van der Waals surface area contributed by atoms with Crippen molar-refractivity contribution in [1.29, 1.82) is 0 Å². The first-order chi connectivity index (χ1) is 8.02. The monoisotopic (exact) mass is 322 g/mol. The maximum atomic E-state index is 13.3. The minimum atomic E-state index is -0.551. The molecule has 0 radical (unpaired) electrons. The quantitative estimate of drug-likeness (QED) is 0.831. The zero-order chi connectivity index (χ0) is 12.8. The van der Waals surface area contributed by atoms with Gasteiger partial charge in [0.2, 0.25) is 11.8 Å². The molecule has 4 nitrogen and oxygen atoms in total. The second-order valence-electron chi connectivity index (χ2n) is 3.08. The van der Waals surface area contributed by atoms with Crippen LogP contribution in [0.3, 0.4) is 0 Å². The Balaban J connectivity index is 2.56. The molecule has 0 saturated heterocycles. The number of anilines is 1. The Morgan fingerprint density at radius 2 is 2.06 bits per heavy atom. The van der Waals surface area contributed by atoms with Crippen LogP contribution in [-0.4, -0.2) is 24.2 Å². The van der Waals surface area contributed by atoms with Gasteiger partial charge in [-0.25, -0.2) is 4.39 Å². The second kappa shape index (κ2) is 6.56. The van der Waals surface area contributed by atoms with Gasteiger partial charge < -0.3 is 10.6 Å². The molecule has 0 fully saturated rings. The third kappa shape index (κ3) is 4.70. The molecule has 0 saturated carbocycles. The van der Waals surface area contributed by atoms with Crippen LogP contribution >= 0.6 is 27.5 Å². The smallest absolute Gasteiger partial charge is 0.243 e. The van der Waals surface area contributed by atoms with Crippen LogP contribution in [-0.2, 0) is 9.59 Å². The summed E-state index contributed by atoms with van der Waals surface area (Å²) in [6.45, 7) is -0.252. The Labute approximate surface area is 111 Å². The van der Waals surface area contributed by atoms with Crippen molar-refractivity contribution in [3.8, 4) is 0 Å². The van der Waals surface area contributed by atoms with Crippen molar-refractivity contribution in [2.45, 2.75) is 0 Å². The van der Waals surface area contributed by atoms with Crippen LogP contribution in [0.5, 0.6) is 0 Å². The Bertz CT molecular complexity index is 442. The fraction of sp³-hybridized carbons (Fsp3) is 0.200. The maximum Gasteiger partial charge on any atom is 0.243 e. The topological polar surface area (TPSA) is 58.2 Å². The largest absolute Gasteiger partial charge is 0.346 e. The highest BCUT2D eigenvalue weighted by Crippen LogP contribution is 2.19. The van der Waals surface area contributed by atoms with E-state index in [0.29, 0.717) is 4.47 Å². The molecular weight excluding hydrogens is 314 g/mol. The third-order valence-corrected chi connectivity index (χ3v) is 2.51. The van der Waals surface area contributed by atoms with E-state index in [9.17, 15) is 14.0 Å². The summed E-state index contributed by atoms with van der Waals surface area (Å²) in [4.78, 5) is 22.1. The maximum absolute atomic E-state index is 13.3. The van der Waals surface area contributed by atoms with Crippen molar-refractivity contribution in [2.75, 3.05) is 17.7 Å². The van der Waals surface area contributed by atoms with Crippen molar-refractivity contribution in [3.63, 3.8) is 0 Å². The summed E-state index contributed by atoms with van der Waals surface area (Å²) in [7, 11) is 0. The van der Waals surface area contributed by atoms with E-state index in [2.05, 4.69) is 26.6 Å². The number of carbonyl (C=O) groups excluding carboxylic acids is 2. The number of rotatable bonds is 4. The molecule has 0 heterocycles. The highest BCUT2D eigenvalue weighted by molar-refractivity contribution is 9.10. The Hall–Kier alpha value is -1.14. The first-order valence-corrected chi connectivity index (χ1v) is 5.93. The molecular formula is C10H9BrClFN2O2. The summed E-state index contributed by atoms with van der Waals surface area (Å²) < 4.78 is 13.9. The summed E-state index contributed by atoms with van der Waals surface area (Å²) in [5, 5.41) is 4.60. The van der Waals surface area contributed by atoms with Crippen LogP contribution in [0.1, 0.15) is 0 Å². The van der Waals surface area contributed by atoms with Gasteiger partial charge in [0.15, 0.2) is 0 Å². The van der Waals surface area contributed by atoms with Crippen molar-refractivity contribution >= 4 is 45.0 Å². The highest BCUT2D eigenvalue weighted by atomic mass is 79.9. The highest BCUT2D eigenvalue weighted by Gasteiger charge is 2.08. The van der Waals surface area contributed by atoms with Gasteiger partial charge >= 0.3 is 0 Å². The first kappa shape index (κ1) is 13.9. The minimum absolute atomic E-state index is 0.0458. The Morgan fingerprint density at radius 1 is 1.35 bits per heavy atom. The van der Waals surface area contributed by atoms with E-state index >= 15 is 0 Å². The molecule has 0 bridgehead atoms. The number of amides is 2. The van der Waals surface area contributed by atoms with Crippen molar-refractivity contribution < 1.29 is 14.0 Å². The number of carbonyl (C=O) groups is 2. The lowest BCUT2D eigenvalue weighted by molar-refractivity contribution is -0.122. The number of halogens is 3. The minimum Gasteiger partial charge on any atom is -0.346 e. The molecule has 7 heteroatoms. The number of hydrogen-bond acceptors (Lipinski definition) is 2. The first-order valence-electron chi connectivity index (χ1n) is 4.60. The molecule has 1 aromatic rings. The van der Waals surface area contributed by atoms with E-state index in [1.807, 2.05) is 0 Å². The van der Waals surface area contributed by atoms with Crippen molar-refractivity contribution in [1.82, 2.24) is 5.32 Å². The summed E-state index contributed by atoms with van der Waals surface area (Å²) in [6, 6.07) is 4.16. The lowest BCUT2D eigenvalue weighted by Gasteiger charge is -2.07. The molecule has 17 heavy (non-hydrogen) atoms. The summed E-state index contributed by atoms with van der Waals surface area (Å²) in [6.07, 6.45) is 0.